The van der Waals surface area contributed by atoms with Crippen molar-refractivity contribution in [1.82, 2.24) is 5.32 Å². The number of halogens is 1. The van der Waals surface area contributed by atoms with Crippen LogP contribution in [0.2, 0.25) is 5.02 Å². The minimum absolute atomic E-state index is 0.0770. The molecule has 0 spiro atoms. The van der Waals surface area contributed by atoms with Crippen molar-refractivity contribution in [2.45, 2.75) is 29.5 Å². The maximum Gasteiger partial charge on any atom is 0.341 e. The lowest BCUT2D eigenvalue weighted by atomic mass is 10.2. The zero-order valence-electron chi connectivity index (χ0n) is 11.2. The van der Waals surface area contributed by atoms with Crippen molar-refractivity contribution in [3.63, 3.8) is 0 Å². The van der Waals surface area contributed by atoms with Crippen LogP contribution in [0.15, 0.2) is 23.1 Å². The summed E-state index contributed by atoms with van der Waals surface area (Å²) >= 11 is 5.96. The Morgan fingerprint density at radius 3 is 2.76 bits per heavy atom. The number of carboxylic acids is 1. The third kappa shape index (κ3) is 3.87. The number of piperidine rings is 1. The van der Waals surface area contributed by atoms with Crippen molar-refractivity contribution < 1.29 is 23.1 Å². The lowest BCUT2D eigenvalue weighted by Gasteiger charge is -2.23. The highest BCUT2D eigenvalue weighted by atomic mass is 35.5. The molecule has 1 aromatic rings. The summed E-state index contributed by atoms with van der Waals surface area (Å²) < 4.78 is 29.9. The van der Waals surface area contributed by atoms with Gasteiger partial charge in [-0.2, -0.15) is 0 Å². The van der Waals surface area contributed by atoms with E-state index in [4.69, 9.17) is 21.4 Å². The van der Waals surface area contributed by atoms with Crippen molar-refractivity contribution in [2.75, 3.05) is 13.2 Å². The molecule has 1 aliphatic heterocycles. The fourth-order valence-electron chi connectivity index (χ4n) is 2.16. The molecule has 2 rings (SSSR count). The molecule has 6 nitrogen and oxygen atoms in total. The Morgan fingerprint density at radius 2 is 2.19 bits per heavy atom. The number of sulfone groups is 1. The van der Waals surface area contributed by atoms with Crippen molar-refractivity contribution in [2.24, 2.45) is 0 Å². The topological polar surface area (TPSA) is 92.7 Å². The van der Waals surface area contributed by atoms with Gasteiger partial charge < -0.3 is 15.2 Å². The molecular weight excluding hydrogens is 318 g/mol. The Labute approximate surface area is 128 Å². The predicted octanol–water partition coefficient (Wildman–Crippen LogP) is 1.68. The van der Waals surface area contributed by atoms with E-state index in [9.17, 15) is 13.2 Å². The van der Waals surface area contributed by atoms with E-state index in [0.29, 0.717) is 13.0 Å². The molecule has 0 amide bonds. The van der Waals surface area contributed by atoms with Crippen LogP contribution in [0.4, 0.5) is 0 Å². The molecule has 8 heteroatoms. The maximum absolute atomic E-state index is 12.5. The summed E-state index contributed by atoms with van der Waals surface area (Å²) in [6.45, 7) is 0.146. The number of nitrogens with one attached hydrogen (secondary N) is 1. The van der Waals surface area contributed by atoms with Crippen LogP contribution in [0.3, 0.4) is 0 Å². The van der Waals surface area contributed by atoms with Gasteiger partial charge in [-0.25, -0.2) is 13.2 Å². The first-order valence-corrected chi connectivity index (χ1v) is 8.45. The van der Waals surface area contributed by atoms with Gasteiger partial charge in [0, 0.05) is 0 Å². The van der Waals surface area contributed by atoms with Gasteiger partial charge in [0.05, 0.1) is 9.92 Å². The van der Waals surface area contributed by atoms with Gasteiger partial charge in [0.2, 0.25) is 0 Å². The molecule has 0 aliphatic carbocycles. The fraction of sp³-hybridized carbons (Fsp3) is 0.462. The first-order valence-electron chi connectivity index (χ1n) is 6.52. The van der Waals surface area contributed by atoms with E-state index < -0.39 is 27.8 Å². The van der Waals surface area contributed by atoms with Crippen LogP contribution >= 0.6 is 11.6 Å². The zero-order chi connectivity index (χ0) is 15.5. The van der Waals surface area contributed by atoms with Crippen LogP contribution in [0.1, 0.15) is 19.3 Å². The van der Waals surface area contributed by atoms with Gasteiger partial charge in [-0.3, -0.25) is 0 Å². The maximum atomic E-state index is 12.5. The minimum Gasteiger partial charge on any atom is -0.480 e. The molecule has 2 N–H and O–H groups in total. The molecule has 0 bridgehead atoms. The summed E-state index contributed by atoms with van der Waals surface area (Å²) in [5.41, 5.74) is 0. The molecule has 0 radical (unpaired) electrons. The van der Waals surface area contributed by atoms with Crippen LogP contribution in [-0.4, -0.2) is 38.0 Å². The number of ether oxygens (including phenoxy) is 1. The molecule has 1 atom stereocenters. The summed E-state index contributed by atoms with van der Waals surface area (Å²) in [4.78, 5) is 10.6. The van der Waals surface area contributed by atoms with Crippen LogP contribution in [0.25, 0.3) is 0 Å². The quantitative estimate of drug-likeness (QED) is 0.851. The first kappa shape index (κ1) is 16.1. The summed E-state index contributed by atoms with van der Waals surface area (Å²) in [6, 6.07) is 4.06. The summed E-state index contributed by atoms with van der Waals surface area (Å²) in [7, 11) is -3.50. The molecular formula is C13H16ClNO5S. The molecule has 0 aromatic heterocycles. The van der Waals surface area contributed by atoms with E-state index in [-0.39, 0.29) is 15.7 Å². The Bertz CT molecular complexity index is 625. The average Bonchev–Trinajstić information content (AvgIpc) is 2.46. The highest BCUT2D eigenvalue weighted by molar-refractivity contribution is 7.92. The smallest absolute Gasteiger partial charge is 0.341 e. The van der Waals surface area contributed by atoms with Gasteiger partial charge in [0.25, 0.3) is 0 Å². The minimum atomic E-state index is -3.50. The van der Waals surface area contributed by atoms with Crippen LogP contribution in [0.5, 0.6) is 5.75 Å². The Hall–Kier alpha value is -1.31. The van der Waals surface area contributed by atoms with Crippen LogP contribution in [0, 0.1) is 0 Å². The van der Waals surface area contributed by atoms with Crippen LogP contribution < -0.4 is 10.1 Å². The predicted molar refractivity (Wildman–Crippen MR) is 77.4 cm³/mol. The summed E-state index contributed by atoms with van der Waals surface area (Å²) in [6.07, 6.45) is 2.40. The second-order valence-electron chi connectivity index (χ2n) is 4.76. The van der Waals surface area contributed by atoms with Gasteiger partial charge >= 0.3 is 5.97 Å². The standard InChI is InChI=1S/C13H16ClNO5S/c14-10-7-9(4-5-11(10)20-8-13(16)17)21(18,19)12-3-1-2-6-15-12/h4-5,7,12,15H,1-3,6,8H2,(H,16,17). The van der Waals surface area contributed by atoms with Gasteiger partial charge in [-0.05, 0) is 44.0 Å². The lowest BCUT2D eigenvalue weighted by molar-refractivity contribution is -0.139. The highest BCUT2D eigenvalue weighted by Gasteiger charge is 2.29. The van der Waals surface area contributed by atoms with E-state index in [1.54, 1.807) is 0 Å². The molecule has 1 saturated heterocycles. The van der Waals surface area contributed by atoms with Crippen molar-refractivity contribution in [1.29, 1.82) is 0 Å². The third-order valence-corrected chi connectivity index (χ3v) is 5.58. The Morgan fingerprint density at radius 1 is 1.43 bits per heavy atom. The second kappa shape index (κ2) is 6.64. The van der Waals surface area contributed by atoms with Crippen LogP contribution in [-0.2, 0) is 14.6 Å². The third-order valence-electron chi connectivity index (χ3n) is 3.22. The monoisotopic (exact) mass is 333 g/mol. The highest BCUT2D eigenvalue weighted by Crippen LogP contribution is 2.29. The number of carboxylic acid groups (broad SMARTS) is 1. The van der Waals surface area contributed by atoms with Gasteiger partial charge in [0.15, 0.2) is 16.4 Å². The fourth-order valence-corrected chi connectivity index (χ4v) is 4.15. The lowest BCUT2D eigenvalue weighted by Crippen LogP contribution is -2.40. The normalized spacial score (nSPS) is 19.2. The largest absolute Gasteiger partial charge is 0.480 e. The molecule has 1 aromatic carbocycles. The Kier molecular flexibility index (Phi) is 5.08. The van der Waals surface area contributed by atoms with E-state index in [2.05, 4.69) is 5.32 Å². The number of carbonyl (C=O) groups is 1. The van der Waals surface area contributed by atoms with Crippen molar-refractivity contribution in [3.05, 3.63) is 23.2 Å². The van der Waals surface area contributed by atoms with Gasteiger partial charge in [-0.1, -0.05) is 11.6 Å². The molecule has 116 valence electrons. The first-order chi connectivity index (χ1) is 9.91. The van der Waals surface area contributed by atoms with E-state index >= 15 is 0 Å². The SMILES string of the molecule is O=C(O)COc1ccc(S(=O)(=O)C2CCCCN2)cc1Cl. The number of hydrogen-bond acceptors (Lipinski definition) is 5. The van der Waals surface area contributed by atoms with E-state index in [0.717, 1.165) is 12.8 Å². The number of aliphatic carboxylic acids is 1. The number of rotatable bonds is 5. The molecule has 21 heavy (non-hydrogen) atoms. The number of benzene rings is 1. The van der Waals surface area contributed by atoms with Gasteiger partial charge in [-0.15, -0.1) is 0 Å². The van der Waals surface area contributed by atoms with E-state index in [1.807, 2.05) is 0 Å². The summed E-state index contributed by atoms with van der Waals surface area (Å²) in [5.74, 6) is -0.983. The molecule has 1 heterocycles. The number of hydrogen-bond donors (Lipinski definition) is 2. The Balaban J connectivity index is 2.20. The molecule has 1 aliphatic rings. The molecule has 0 saturated carbocycles. The summed E-state index contributed by atoms with van der Waals surface area (Å²) in [5, 5.41) is 11.0. The van der Waals surface area contributed by atoms with Crippen molar-refractivity contribution >= 4 is 27.4 Å². The molecule has 1 fully saturated rings. The van der Waals surface area contributed by atoms with Gasteiger partial charge in [0.1, 0.15) is 11.1 Å². The average molecular weight is 334 g/mol. The zero-order valence-corrected chi connectivity index (χ0v) is 12.8. The second-order valence-corrected chi connectivity index (χ2v) is 7.30. The van der Waals surface area contributed by atoms with E-state index in [1.165, 1.54) is 18.2 Å². The van der Waals surface area contributed by atoms with Crippen molar-refractivity contribution in [3.8, 4) is 5.75 Å². The molecule has 1 unspecified atom stereocenters.